The van der Waals surface area contributed by atoms with Gasteiger partial charge in [-0.2, -0.15) is 0 Å². The fourth-order valence-corrected chi connectivity index (χ4v) is 4.69. The van der Waals surface area contributed by atoms with Gasteiger partial charge in [-0.05, 0) is 66.7 Å². The Balaban J connectivity index is 1.87. The molecule has 4 aliphatic rings. The quantitative estimate of drug-likeness (QED) is 0.735. The highest BCUT2D eigenvalue weighted by Crippen LogP contribution is 2.57. The van der Waals surface area contributed by atoms with Gasteiger partial charge in [-0.1, -0.05) is 19.1 Å². The van der Waals surface area contributed by atoms with Gasteiger partial charge in [0.2, 0.25) is 0 Å². The van der Waals surface area contributed by atoms with Crippen molar-refractivity contribution in [3.05, 3.63) is 34.9 Å². The van der Waals surface area contributed by atoms with E-state index in [1.54, 1.807) is 0 Å². The number of carbonyl (C=O) groups excluding carboxylic acids is 1. The van der Waals surface area contributed by atoms with E-state index in [0.717, 1.165) is 36.0 Å². The zero-order valence-electron chi connectivity index (χ0n) is 14.8. The second-order valence-electron chi connectivity index (χ2n) is 6.76. The van der Waals surface area contributed by atoms with Crippen LogP contribution in [0.1, 0.15) is 49.5 Å². The molecule has 1 N–H and O–H groups in total. The fraction of sp³-hybridized carbons (Fsp3) is 0.611. The molecule has 0 spiro atoms. The number of fused-ring (bicyclic) bond motifs is 4. The average Bonchev–Trinajstić information content (AvgIpc) is 2.80. The SMILES string of the molecule is [2H]C1=C2CC[C@H]3C(=C2CC([2H])([2H])C1=O)C=C[C@@]1(C)[C@H](O)CC[C@H]31. The average molecular weight is 273 g/mol. The highest BCUT2D eigenvalue weighted by Gasteiger charge is 2.51. The third-order valence-corrected chi connectivity index (χ3v) is 5.88. The largest absolute Gasteiger partial charge is 0.392 e. The van der Waals surface area contributed by atoms with E-state index in [4.69, 9.17) is 4.11 Å². The fourth-order valence-electron chi connectivity index (χ4n) is 4.69. The summed E-state index contributed by atoms with van der Waals surface area (Å²) in [6.07, 6.45) is 5.33. The van der Waals surface area contributed by atoms with Gasteiger partial charge in [0.25, 0.3) is 0 Å². The van der Waals surface area contributed by atoms with E-state index in [1.165, 1.54) is 0 Å². The summed E-state index contributed by atoms with van der Waals surface area (Å²) in [7, 11) is 0. The summed E-state index contributed by atoms with van der Waals surface area (Å²) in [5.74, 6) is 0.0261. The van der Waals surface area contributed by atoms with Gasteiger partial charge in [0.1, 0.15) is 0 Å². The first-order valence-electron chi connectivity index (χ1n) is 9.11. The van der Waals surface area contributed by atoms with Crippen LogP contribution in [0.5, 0.6) is 0 Å². The third-order valence-electron chi connectivity index (χ3n) is 5.88. The molecule has 20 heavy (non-hydrogen) atoms. The molecular formula is C18H22O2. The van der Waals surface area contributed by atoms with Crippen LogP contribution in [0.4, 0.5) is 0 Å². The Hall–Kier alpha value is -1.15. The number of ketones is 1. The lowest BCUT2D eigenvalue weighted by atomic mass is 9.60. The molecule has 0 aromatic heterocycles. The molecule has 0 aromatic rings. The second kappa shape index (κ2) is 4.17. The topological polar surface area (TPSA) is 37.3 Å². The Morgan fingerprint density at radius 3 is 3.10 bits per heavy atom. The van der Waals surface area contributed by atoms with Crippen LogP contribution in [0.15, 0.2) is 34.9 Å². The van der Waals surface area contributed by atoms with Crippen molar-refractivity contribution in [3.8, 4) is 0 Å². The van der Waals surface area contributed by atoms with Gasteiger partial charge in [0, 0.05) is 14.5 Å². The van der Waals surface area contributed by atoms with Crippen LogP contribution in [-0.2, 0) is 4.79 Å². The lowest BCUT2D eigenvalue weighted by Crippen LogP contribution is -2.39. The Bertz CT molecular complexity index is 688. The van der Waals surface area contributed by atoms with Crippen molar-refractivity contribution in [1.29, 1.82) is 0 Å². The van der Waals surface area contributed by atoms with Gasteiger partial charge in [-0.3, -0.25) is 4.79 Å². The maximum absolute atomic E-state index is 12.0. The Labute approximate surface area is 124 Å². The van der Waals surface area contributed by atoms with E-state index in [-0.39, 0.29) is 24.0 Å². The van der Waals surface area contributed by atoms with Crippen LogP contribution >= 0.6 is 0 Å². The summed E-state index contributed by atoms with van der Waals surface area (Å²) in [6.45, 7) is 2.12. The van der Waals surface area contributed by atoms with E-state index in [1.807, 2.05) is 6.08 Å². The zero-order valence-corrected chi connectivity index (χ0v) is 11.8. The number of aliphatic hydroxyl groups is 1. The smallest absolute Gasteiger partial charge is 0.156 e. The lowest BCUT2D eigenvalue weighted by molar-refractivity contribution is -0.114. The first-order chi connectivity index (χ1) is 10.8. The molecule has 0 aromatic carbocycles. The highest BCUT2D eigenvalue weighted by atomic mass is 16.3. The van der Waals surface area contributed by atoms with Crippen molar-refractivity contribution in [3.63, 3.8) is 0 Å². The second-order valence-corrected chi connectivity index (χ2v) is 6.76. The minimum absolute atomic E-state index is 0.0890. The van der Waals surface area contributed by atoms with Crippen molar-refractivity contribution < 1.29 is 14.0 Å². The number of rotatable bonds is 0. The minimum atomic E-state index is -1.96. The van der Waals surface area contributed by atoms with Crippen LogP contribution in [0.2, 0.25) is 0 Å². The molecule has 1 fully saturated rings. The van der Waals surface area contributed by atoms with Crippen LogP contribution in [0.25, 0.3) is 0 Å². The first kappa shape index (κ1) is 9.73. The van der Waals surface area contributed by atoms with E-state index >= 15 is 0 Å². The predicted octanol–water partition coefficient (Wildman–Crippen LogP) is 3.33. The summed E-state index contributed by atoms with van der Waals surface area (Å²) in [6, 6.07) is -0.129. The van der Waals surface area contributed by atoms with E-state index in [0.29, 0.717) is 18.3 Å². The summed E-state index contributed by atoms with van der Waals surface area (Å²) in [5.41, 5.74) is 2.56. The van der Waals surface area contributed by atoms with Gasteiger partial charge in [-0.25, -0.2) is 0 Å². The summed E-state index contributed by atoms with van der Waals surface area (Å²) in [5, 5.41) is 10.4. The van der Waals surface area contributed by atoms with Crippen LogP contribution in [-0.4, -0.2) is 17.0 Å². The molecule has 0 saturated heterocycles. The van der Waals surface area contributed by atoms with Gasteiger partial charge in [0.15, 0.2) is 5.78 Å². The predicted molar refractivity (Wildman–Crippen MR) is 78.1 cm³/mol. The van der Waals surface area contributed by atoms with Crippen LogP contribution in [0.3, 0.4) is 0 Å². The van der Waals surface area contributed by atoms with Gasteiger partial charge in [-0.15, -0.1) is 0 Å². The summed E-state index contributed by atoms with van der Waals surface area (Å²) in [4.78, 5) is 12.0. The first-order valence-corrected chi connectivity index (χ1v) is 7.61. The Kier molecular flexibility index (Phi) is 2.03. The minimum Gasteiger partial charge on any atom is -0.392 e. The number of aliphatic hydroxyl groups excluding tert-OH is 1. The van der Waals surface area contributed by atoms with Crippen molar-refractivity contribution in [2.45, 2.75) is 51.5 Å². The highest BCUT2D eigenvalue weighted by molar-refractivity contribution is 5.93. The maximum atomic E-state index is 12.0. The lowest BCUT2D eigenvalue weighted by Gasteiger charge is -2.44. The monoisotopic (exact) mass is 273 g/mol. The van der Waals surface area contributed by atoms with Gasteiger partial charge in [0.05, 0.1) is 7.47 Å². The Morgan fingerprint density at radius 2 is 2.25 bits per heavy atom. The van der Waals surface area contributed by atoms with Crippen molar-refractivity contribution in [1.82, 2.24) is 0 Å². The molecule has 4 aliphatic carbocycles. The van der Waals surface area contributed by atoms with Crippen molar-refractivity contribution >= 4 is 5.78 Å². The molecule has 4 rings (SSSR count). The van der Waals surface area contributed by atoms with E-state index in [2.05, 4.69) is 13.0 Å². The summed E-state index contributed by atoms with van der Waals surface area (Å²) >= 11 is 0. The molecule has 0 amide bonds. The molecule has 0 aliphatic heterocycles. The molecule has 0 unspecified atom stereocenters. The number of hydrogen-bond acceptors (Lipinski definition) is 2. The van der Waals surface area contributed by atoms with Crippen LogP contribution in [0, 0.1) is 17.3 Å². The van der Waals surface area contributed by atoms with E-state index in [9.17, 15) is 9.90 Å². The van der Waals surface area contributed by atoms with Crippen molar-refractivity contribution in [2.75, 3.05) is 0 Å². The standard InChI is InChI=1S/C18H22O2/c1-18-9-8-14-13-5-3-12(19)10-11(13)2-4-15(14)16(18)6-7-17(18)20/h8-10,15-17,20H,2-7H2,1H3/t15-,16+,17+,18+/m0/s1/i3D2,10D. The molecule has 1 saturated carbocycles. The molecule has 0 bridgehead atoms. The number of hydrogen-bond donors (Lipinski definition) is 1. The molecule has 0 radical (unpaired) electrons. The maximum Gasteiger partial charge on any atom is 0.156 e. The molecule has 2 heteroatoms. The van der Waals surface area contributed by atoms with Crippen LogP contribution < -0.4 is 0 Å². The number of allylic oxidation sites excluding steroid dienone is 5. The van der Waals surface area contributed by atoms with Gasteiger partial charge >= 0.3 is 0 Å². The molecular weight excluding hydrogens is 248 g/mol. The molecule has 4 atom stereocenters. The molecule has 106 valence electrons. The molecule has 2 nitrogen and oxygen atoms in total. The normalized spacial score (nSPS) is 48.2. The third kappa shape index (κ3) is 1.57. The Morgan fingerprint density at radius 1 is 1.40 bits per heavy atom. The zero-order chi connectivity index (χ0) is 16.6. The number of carbonyl (C=O) groups is 1. The summed E-state index contributed by atoms with van der Waals surface area (Å²) < 4.78 is 24.0. The van der Waals surface area contributed by atoms with E-state index < -0.39 is 12.2 Å². The van der Waals surface area contributed by atoms with Gasteiger partial charge < -0.3 is 5.11 Å². The van der Waals surface area contributed by atoms with Crippen molar-refractivity contribution in [2.24, 2.45) is 17.3 Å². The molecule has 0 heterocycles.